The molecule has 6 aromatic rings. The van der Waals surface area contributed by atoms with Gasteiger partial charge in [0.1, 0.15) is 28.9 Å². The van der Waals surface area contributed by atoms with E-state index in [2.05, 4.69) is 90.6 Å². The third kappa shape index (κ3) is 12.5. The van der Waals surface area contributed by atoms with E-state index in [1.165, 1.54) is 17.7 Å². The summed E-state index contributed by atoms with van der Waals surface area (Å²) in [7, 11) is -2.94. The van der Waals surface area contributed by atoms with Crippen molar-refractivity contribution in [2.24, 2.45) is 11.3 Å². The second kappa shape index (κ2) is 24.8. The van der Waals surface area contributed by atoms with E-state index in [-0.39, 0.29) is 53.4 Å². The molecule has 4 atom stereocenters. The van der Waals surface area contributed by atoms with Crippen molar-refractivity contribution in [1.82, 2.24) is 29.5 Å². The average Bonchev–Trinajstić information content (AvgIpc) is 1.45. The molecule has 0 unspecified atom stereocenters. The molecule has 6 fully saturated rings. The number of carbonyl (C=O) groups excluding carboxylic acids is 1. The minimum atomic E-state index is -4.66. The van der Waals surface area contributed by atoms with Crippen LogP contribution in [0.2, 0.25) is 0 Å². The number of nitro groups is 1. The number of aliphatic hydroxyl groups is 1. The minimum Gasteiger partial charge on any atom is -0.493 e. The minimum absolute atomic E-state index is 0.0214. The smallest absolute Gasteiger partial charge is 0.293 e. The van der Waals surface area contributed by atoms with E-state index >= 15 is 0 Å². The number of fused-ring (bicyclic) bond motifs is 3. The molecule has 7 aliphatic rings. The molecular formula is C66H83N11O11S. The number of H-pyrrole nitrogens is 1. The Labute approximate surface area is 520 Å². The molecular weight excluding hydrogens is 1150 g/mol. The van der Waals surface area contributed by atoms with Crippen LogP contribution in [0.15, 0.2) is 96.2 Å². The molecule has 474 valence electrons. The van der Waals surface area contributed by atoms with Gasteiger partial charge >= 0.3 is 0 Å². The summed E-state index contributed by atoms with van der Waals surface area (Å²) in [6, 6.07) is 24.2. The van der Waals surface area contributed by atoms with Gasteiger partial charge in [-0.05, 0) is 157 Å². The van der Waals surface area contributed by atoms with Gasteiger partial charge in [0.05, 0.1) is 77.8 Å². The van der Waals surface area contributed by atoms with Crippen LogP contribution in [0.3, 0.4) is 0 Å². The van der Waals surface area contributed by atoms with Gasteiger partial charge in [0.15, 0.2) is 11.6 Å². The summed E-state index contributed by atoms with van der Waals surface area (Å²) in [6.07, 6.45) is 10.8. The van der Waals surface area contributed by atoms with Crippen LogP contribution in [-0.2, 0) is 26.0 Å². The highest BCUT2D eigenvalue weighted by atomic mass is 32.2. The predicted molar refractivity (Wildman–Crippen MR) is 339 cm³/mol. The van der Waals surface area contributed by atoms with Crippen LogP contribution in [0.25, 0.3) is 11.0 Å². The SMILES string of the molecule is COc1cc(CN2CCN(C3CC4(CCN(c5ccc(C(=O)NS(=O)(=O)c6ccc(NC[C@H]7CC[C@](C)(O)CC7)c([N+](=O)[O-])c6)c(N6c7cc8cc[nH]c8nc7O[C@H]7COCC[C@@H]76)c5)CC4)C3)[C@@H](c3ccccc3OC(C)C)C2)cnc1N1CCOC[C@@H]1C. The number of piperazine rings is 1. The Hall–Kier alpha value is -7.28. The third-order valence-electron chi connectivity index (χ3n) is 19.9. The van der Waals surface area contributed by atoms with E-state index < -0.39 is 43.1 Å². The predicted octanol–water partition coefficient (Wildman–Crippen LogP) is 9.35. The van der Waals surface area contributed by atoms with Gasteiger partial charge in [-0.2, -0.15) is 4.98 Å². The summed E-state index contributed by atoms with van der Waals surface area (Å²) in [5.41, 5.74) is 4.22. The molecule has 4 saturated heterocycles. The number of hydrogen-bond acceptors (Lipinski definition) is 19. The summed E-state index contributed by atoms with van der Waals surface area (Å²) in [5.74, 6) is 2.21. The Bertz CT molecular complexity index is 3690. The first kappa shape index (κ1) is 60.6. The van der Waals surface area contributed by atoms with Crippen molar-refractivity contribution >= 4 is 61.2 Å². The molecule has 2 saturated carbocycles. The maximum absolute atomic E-state index is 14.9. The Morgan fingerprint density at radius 1 is 0.921 bits per heavy atom. The summed E-state index contributed by atoms with van der Waals surface area (Å²) < 4.78 is 61.7. The summed E-state index contributed by atoms with van der Waals surface area (Å²) >= 11 is 0. The van der Waals surface area contributed by atoms with Crippen LogP contribution in [0.5, 0.6) is 17.4 Å². The van der Waals surface area contributed by atoms with Gasteiger partial charge in [-0.25, -0.2) is 18.1 Å². The number of nitrogens with one attached hydrogen (secondary N) is 3. The number of morpholine rings is 1. The van der Waals surface area contributed by atoms with E-state index in [9.17, 15) is 28.4 Å². The number of hydrogen-bond donors (Lipinski definition) is 4. The number of rotatable bonds is 17. The Balaban J connectivity index is 0.744. The van der Waals surface area contributed by atoms with Crippen molar-refractivity contribution in [3.63, 3.8) is 0 Å². The fraction of sp³-hybridized carbons (Fsp3) is 0.530. The highest BCUT2D eigenvalue weighted by Crippen LogP contribution is 2.54. The lowest BCUT2D eigenvalue weighted by Gasteiger charge is -2.58. The quantitative estimate of drug-likeness (QED) is 0.0491. The largest absolute Gasteiger partial charge is 0.493 e. The van der Waals surface area contributed by atoms with Crippen LogP contribution in [0.4, 0.5) is 34.3 Å². The van der Waals surface area contributed by atoms with Crippen molar-refractivity contribution < 1.29 is 46.9 Å². The first-order chi connectivity index (χ1) is 42.9. The van der Waals surface area contributed by atoms with Gasteiger partial charge in [-0.15, -0.1) is 0 Å². The number of ether oxygens (including phenoxy) is 5. The Morgan fingerprint density at radius 3 is 2.49 bits per heavy atom. The van der Waals surface area contributed by atoms with Crippen molar-refractivity contribution in [2.45, 2.75) is 139 Å². The maximum atomic E-state index is 14.9. The van der Waals surface area contributed by atoms with Crippen LogP contribution >= 0.6 is 0 Å². The zero-order valence-electron chi connectivity index (χ0n) is 51.6. The van der Waals surface area contributed by atoms with Crippen LogP contribution in [0.1, 0.15) is 113 Å². The van der Waals surface area contributed by atoms with E-state index in [0.29, 0.717) is 74.6 Å². The molecule has 13 rings (SSSR count). The van der Waals surface area contributed by atoms with Crippen molar-refractivity contribution in [2.75, 3.05) is 99.4 Å². The van der Waals surface area contributed by atoms with Gasteiger partial charge < -0.3 is 53.8 Å². The molecule has 89 heavy (non-hydrogen) atoms. The Kier molecular flexibility index (Phi) is 16.9. The monoisotopic (exact) mass is 1240 g/mol. The molecule has 8 heterocycles. The molecule has 0 radical (unpaired) electrons. The average molecular weight is 1240 g/mol. The zero-order chi connectivity index (χ0) is 61.8. The molecule has 5 aliphatic heterocycles. The molecule has 23 heteroatoms. The van der Waals surface area contributed by atoms with Gasteiger partial charge in [0, 0.05) is 100 Å². The number of para-hydroxylation sites is 1. The lowest BCUT2D eigenvalue weighted by Crippen LogP contribution is -2.59. The van der Waals surface area contributed by atoms with Gasteiger partial charge in [-0.1, -0.05) is 18.2 Å². The van der Waals surface area contributed by atoms with Gasteiger partial charge in [-0.3, -0.25) is 24.7 Å². The number of carbonyl (C=O) groups is 1. The van der Waals surface area contributed by atoms with E-state index in [1.807, 2.05) is 43.6 Å². The number of piperidine rings is 1. The topological polar surface area (TPSA) is 243 Å². The number of anilines is 5. The van der Waals surface area contributed by atoms with E-state index in [1.54, 1.807) is 13.2 Å². The maximum Gasteiger partial charge on any atom is 0.293 e. The second-order valence-electron chi connectivity index (χ2n) is 26.3. The third-order valence-corrected chi connectivity index (χ3v) is 21.2. The number of sulfonamides is 1. The van der Waals surface area contributed by atoms with E-state index in [4.69, 9.17) is 33.7 Å². The number of benzene rings is 3. The number of pyridine rings is 2. The molecule has 2 aliphatic carbocycles. The van der Waals surface area contributed by atoms with Crippen LogP contribution < -0.4 is 38.9 Å². The summed E-state index contributed by atoms with van der Waals surface area (Å²) in [4.78, 5) is 51.4. The number of nitro benzene ring substituents is 1. The van der Waals surface area contributed by atoms with Gasteiger partial charge in [0.25, 0.3) is 21.6 Å². The van der Waals surface area contributed by atoms with E-state index in [0.717, 1.165) is 124 Å². The number of nitrogens with zero attached hydrogens (tertiary/aromatic N) is 8. The lowest BCUT2D eigenvalue weighted by atomic mass is 9.59. The number of aromatic nitrogens is 3. The number of methoxy groups -OCH3 is 1. The fourth-order valence-electron chi connectivity index (χ4n) is 14.9. The van der Waals surface area contributed by atoms with Crippen molar-refractivity contribution in [3.8, 4) is 17.4 Å². The zero-order valence-corrected chi connectivity index (χ0v) is 52.4. The highest BCUT2D eigenvalue weighted by molar-refractivity contribution is 7.90. The molecule has 3 aromatic heterocycles. The number of amides is 1. The molecule has 1 amide bonds. The molecule has 0 bridgehead atoms. The second-order valence-corrected chi connectivity index (χ2v) is 28.0. The lowest BCUT2D eigenvalue weighted by molar-refractivity contribution is -0.384. The molecule has 1 spiro atoms. The van der Waals surface area contributed by atoms with Crippen molar-refractivity contribution in [3.05, 3.63) is 118 Å². The highest BCUT2D eigenvalue weighted by Gasteiger charge is 2.51. The summed E-state index contributed by atoms with van der Waals surface area (Å²) in [6.45, 7) is 16.3. The number of aromatic amines is 1. The standard InChI is InChI=1S/C66H83N11O11S/c1-42(2)87-58-9-7-6-8-50(58)57-39-72(38-45-30-59(84-5)62(69-37-45)74-27-29-86-40-43(74)3)25-26-75(57)48-34-66(35-48)20-23-73(24-21-66)47-10-12-51(54(32-47)76-53-17-28-85-41-60(53)88-64-56(76)31-46-16-22-67-61(46)70-64)63(78)71-89(82,83)49-11-13-52(55(33-49)77(80)81)68-36-44-14-18-65(4,79)19-15-44/h6-13,16,22,30-33,37,42-44,48,53,57,60,68,79H,14-15,17-21,23-29,34-36,38-41H2,1-5H3,(H,67,70)(H,71,78)/t43-,44-,53-,57+,60-,65-/m0/s1. The molecule has 3 aromatic carbocycles. The first-order valence-corrected chi connectivity index (χ1v) is 33.2. The first-order valence-electron chi connectivity index (χ1n) is 31.7. The summed E-state index contributed by atoms with van der Waals surface area (Å²) in [5, 5.41) is 26.9. The fourth-order valence-corrected chi connectivity index (χ4v) is 15.9. The van der Waals surface area contributed by atoms with Gasteiger partial charge in [0.2, 0.25) is 5.88 Å². The van der Waals surface area contributed by atoms with Crippen LogP contribution in [0, 0.1) is 21.4 Å². The van der Waals surface area contributed by atoms with Crippen molar-refractivity contribution in [1.29, 1.82) is 0 Å². The normalized spacial score (nSPS) is 25.0. The van der Waals surface area contributed by atoms with Crippen LogP contribution in [-0.4, -0.2) is 164 Å². The molecule has 22 nitrogen and oxygen atoms in total. The Morgan fingerprint density at radius 2 is 1.72 bits per heavy atom. The molecule has 4 N–H and O–H groups in total.